The molecule has 1 aliphatic heterocycles. The van der Waals surface area contributed by atoms with Crippen LogP contribution in [0.1, 0.15) is 11.1 Å². The molecule has 6 nitrogen and oxygen atoms in total. The fourth-order valence-corrected chi connectivity index (χ4v) is 2.47. The van der Waals surface area contributed by atoms with Gasteiger partial charge in [-0.25, -0.2) is 0 Å². The van der Waals surface area contributed by atoms with Crippen LogP contribution in [0.15, 0.2) is 12.1 Å². The number of nitrogens with zero attached hydrogens (tertiary/aromatic N) is 2. The Bertz CT molecular complexity index is 485. The second kappa shape index (κ2) is 6.67. The molecule has 1 aromatic rings. The van der Waals surface area contributed by atoms with E-state index in [1.54, 1.807) is 6.07 Å². The third-order valence-corrected chi connectivity index (χ3v) is 3.46. The van der Waals surface area contributed by atoms with E-state index in [4.69, 9.17) is 4.74 Å². The maximum absolute atomic E-state index is 11.1. The lowest BCUT2D eigenvalue weighted by Gasteiger charge is -2.27. The maximum atomic E-state index is 11.1. The number of ether oxygens (including phenoxy) is 1. The van der Waals surface area contributed by atoms with Gasteiger partial charge in [-0.1, -0.05) is 6.07 Å². The molecular weight excluding hydrogens is 258 g/mol. The summed E-state index contributed by atoms with van der Waals surface area (Å²) >= 11 is 0. The van der Waals surface area contributed by atoms with E-state index in [0.717, 1.165) is 43.9 Å². The molecule has 2 rings (SSSR count). The normalized spacial score (nSPS) is 16.1. The van der Waals surface area contributed by atoms with Gasteiger partial charge in [-0.15, -0.1) is 0 Å². The van der Waals surface area contributed by atoms with Gasteiger partial charge in [-0.2, -0.15) is 0 Å². The van der Waals surface area contributed by atoms with E-state index in [1.165, 1.54) is 0 Å². The number of hydrogen-bond acceptors (Lipinski definition) is 5. The molecule has 1 aliphatic rings. The predicted molar refractivity (Wildman–Crippen MR) is 77.4 cm³/mol. The molecule has 0 spiro atoms. The minimum absolute atomic E-state index is 0.0582. The van der Waals surface area contributed by atoms with Crippen LogP contribution in [0.3, 0.4) is 0 Å². The summed E-state index contributed by atoms with van der Waals surface area (Å²) in [7, 11) is 0. The summed E-state index contributed by atoms with van der Waals surface area (Å²) in [5, 5.41) is 14.4. The van der Waals surface area contributed by atoms with Crippen LogP contribution in [0.5, 0.6) is 5.75 Å². The van der Waals surface area contributed by atoms with Crippen molar-refractivity contribution in [2.24, 2.45) is 0 Å². The van der Waals surface area contributed by atoms with E-state index in [0.29, 0.717) is 12.4 Å². The molecule has 0 amide bonds. The molecule has 110 valence electrons. The van der Waals surface area contributed by atoms with Crippen molar-refractivity contribution >= 4 is 5.69 Å². The van der Waals surface area contributed by atoms with Gasteiger partial charge in [0.15, 0.2) is 5.75 Å². The Morgan fingerprint density at radius 1 is 1.35 bits per heavy atom. The zero-order valence-electron chi connectivity index (χ0n) is 12.0. The second-order valence-electron chi connectivity index (χ2n) is 5.13. The molecule has 1 fully saturated rings. The molecule has 0 unspecified atom stereocenters. The second-order valence-corrected chi connectivity index (χ2v) is 5.13. The molecule has 1 heterocycles. The highest BCUT2D eigenvalue weighted by Gasteiger charge is 2.19. The molecule has 0 bridgehead atoms. The van der Waals surface area contributed by atoms with Crippen molar-refractivity contribution in [2.75, 3.05) is 39.3 Å². The van der Waals surface area contributed by atoms with Gasteiger partial charge < -0.3 is 10.1 Å². The molecule has 20 heavy (non-hydrogen) atoms. The average molecular weight is 279 g/mol. The van der Waals surface area contributed by atoms with Crippen LogP contribution >= 0.6 is 0 Å². The molecule has 6 heteroatoms. The molecule has 1 aromatic carbocycles. The van der Waals surface area contributed by atoms with E-state index in [2.05, 4.69) is 10.2 Å². The zero-order valence-corrected chi connectivity index (χ0v) is 12.0. The lowest BCUT2D eigenvalue weighted by atomic mass is 10.1. The number of aryl methyl sites for hydroxylation is 2. The maximum Gasteiger partial charge on any atom is 0.311 e. The molecule has 1 saturated heterocycles. The SMILES string of the molecule is Cc1cc(C)c(OCCN2CCNCC2)c([N+](=O)[O-])c1. The highest BCUT2D eigenvalue weighted by molar-refractivity contribution is 5.53. The Morgan fingerprint density at radius 3 is 2.70 bits per heavy atom. The summed E-state index contributed by atoms with van der Waals surface area (Å²) < 4.78 is 5.68. The van der Waals surface area contributed by atoms with Gasteiger partial charge in [0.05, 0.1) is 4.92 Å². The molecule has 0 atom stereocenters. The van der Waals surface area contributed by atoms with Gasteiger partial charge in [-0.05, 0) is 25.0 Å². The van der Waals surface area contributed by atoms with Crippen molar-refractivity contribution in [3.8, 4) is 5.75 Å². The molecule has 0 radical (unpaired) electrons. The van der Waals surface area contributed by atoms with Crippen molar-refractivity contribution < 1.29 is 9.66 Å². The van der Waals surface area contributed by atoms with Gasteiger partial charge in [0.1, 0.15) is 6.61 Å². The summed E-state index contributed by atoms with van der Waals surface area (Å²) in [6.07, 6.45) is 0. The van der Waals surface area contributed by atoms with Crippen molar-refractivity contribution in [1.29, 1.82) is 0 Å². The summed E-state index contributed by atoms with van der Waals surface area (Å²) in [5.74, 6) is 0.399. The molecule has 0 saturated carbocycles. The van der Waals surface area contributed by atoms with Crippen LogP contribution in [0, 0.1) is 24.0 Å². The summed E-state index contributed by atoms with van der Waals surface area (Å²) in [6.45, 7) is 8.95. The monoisotopic (exact) mass is 279 g/mol. The smallest absolute Gasteiger partial charge is 0.311 e. The quantitative estimate of drug-likeness (QED) is 0.653. The number of rotatable bonds is 5. The fraction of sp³-hybridized carbons (Fsp3) is 0.571. The number of piperazine rings is 1. The number of nitro benzene ring substituents is 1. The van der Waals surface area contributed by atoms with Crippen molar-refractivity contribution in [3.05, 3.63) is 33.4 Å². The van der Waals surface area contributed by atoms with Crippen LogP contribution in [-0.4, -0.2) is 49.2 Å². The Kier molecular flexibility index (Phi) is 4.92. The predicted octanol–water partition coefficient (Wildman–Crippen LogP) is 1.50. The molecule has 0 aliphatic carbocycles. The summed E-state index contributed by atoms with van der Waals surface area (Å²) in [6, 6.07) is 3.47. The lowest BCUT2D eigenvalue weighted by molar-refractivity contribution is -0.386. The van der Waals surface area contributed by atoms with E-state index in [9.17, 15) is 10.1 Å². The van der Waals surface area contributed by atoms with Crippen LogP contribution < -0.4 is 10.1 Å². The van der Waals surface area contributed by atoms with E-state index < -0.39 is 0 Å². The summed E-state index contributed by atoms with van der Waals surface area (Å²) in [5.41, 5.74) is 1.75. The first-order valence-electron chi connectivity index (χ1n) is 6.89. The number of benzene rings is 1. The Balaban J connectivity index is 1.99. The average Bonchev–Trinajstić information content (AvgIpc) is 2.41. The summed E-state index contributed by atoms with van der Waals surface area (Å²) in [4.78, 5) is 13.0. The Labute approximate surface area is 118 Å². The number of nitro groups is 1. The van der Waals surface area contributed by atoms with Crippen molar-refractivity contribution in [1.82, 2.24) is 10.2 Å². The topological polar surface area (TPSA) is 67.6 Å². The first-order valence-corrected chi connectivity index (χ1v) is 6.89. The molecule has 0 aromatic heterocycles. The number of nitrogens with one attached hydrogen (secondary N) is 1. The standard InChI is InChI=1S/C14H21N3O3/c1-11-9-12(2)14(13(10-11)17(18)19)20-8-7-16-5-3-15-4-6-16/h9-10,15H,3-8H2,1-2H3. The van der Waals surface area contributed by atoms with Gasteiger partial charge in [0.25, 0.3) is 0 Å². The third kappa shape index (κ3) is 3.68. The highest BCUT2D eigenvalue weighted by atomic mass is 16.6. The van der Waals surface area contributed by atoms with Gasteiger partial charge in [0, 0.05) is 38.8 Å². The van der Waals surface area contributed by atoms with Gasteiger partial charge in [-0.3, -0.25) is 15.0 Å². The number of hydrogen-bond donors (Lipinski definition) is 1. The zero-order chi connectivity index (χ0) is 14.5. The van der Waals surface area contributed by atoms with Gasteiger partial charge in [0.2, 0.25) is 0 Å². The lowest BCUT2D eigenvalue weighted by Crippen LogP contribution is -2.44. The van der Waals surface area contributed by atoms with Crippen molar-refractivity contribution in [3.63, 3.8) is 0 Å². The van der Waals surface area contributed by atoms with E-state index in [1.807, 2.05) is 19.9 Å². The Morgan fingerprint density at radius 2 is 2.05 bits per heavy atom. The van der Waals surface area contributed by atoms with E-state index >= 15 is 0 Å². The largest absolute Gasteiger partial charge is 0.485 e. The minimum atomic E-state index is -0.375. The minimum Gasteiger partial charge on any atom is -0.485 e. The van der Waals surface area contributed by atoms with Crippen LogP contribution in [0.25, 0.3) is 0 Å². The Hall–Kier alpha value is -1.66. The van der Waals surface area contributed by atoms with Crippen LogP contribution in [0.4, 0.5) is 5.69 Å². The van der Waals surface area contributed by atoms with E-state index in [-0.39, 0.29) is 10.6 Å². The first-order chi connectivity index (χ1) is 9.58. The van der Waals surface area contributed by atoms with Crippen molar-refractivity contribution in [2.45, 2.75) is 13.8 Å². The molecular formula is C14H21N3O3. The third-order valence-electron chi connectivity index (χ3n) is 3.46. The first kappa shape index (κ1) is 14.7. The van der Waals surface area contributed by atoms with Crippen LogP contribution in [0.2, 0.25) is 0 Å². The highest BCUT2D eigenvalue weighted by Crippen LogP contribution is 2.31. The fourth-order valence-electron chi connectivity index (χ4n) is 2.47. The van der Waals surface area contributed by atoms with Crippen LogP contribution in [-0.2, 0) is 0 Å². The van der Waals surface area contributed by atoms with Gasteiger partial charge >= 0.3 is 5.69 Å². The molecule has 1 N–H and O–H groups in total.